The molecule has 1 aliphatic heterocycles. The van der Waals surface area contributed by atoms with Crippen molar-refractivity contribution in [1.29, 1.82) is 0 Å². The van der Waals surface area contributed by atoms with Crippen LogP contribution in [0.5, 0.6) is 17.2 Å². The highest BCUT2D eigenvalue weighted by Gasteiger charge is 2.14. The number of aromatic nitrogens is 2. The van der Waals surface area contributed by atoms with Crippen molar-refractivity contribution in [2.75, 3.05) is 24.5 Å². The van der Waals surface area contributed by atoms with Gasteiger partial charge in [-0.25, -0.2) is 4.98 Å². The van der Waals surface area contributed by atoms with E-state index in [9.17, 15) is 0 Å². The van der Waals surface area contributed by atoms with Crippen LogP contribution in [-0.2, 0) is 0 Å². The molecule has 0 aliphatic carbocycles. The summed E-state index contributed by atoms with van der Waals surface area (Å²) in [5.74, 6) is 3.12. The van der Waals surface area contributed by atoms with Crippen LogP contribution in [-0.4, -0.2) is 23.9 Å². The maximum Gasteiger partial charge on any atom is 0.231 e. The molecule has 0 atom stereocenters. The molecule has 0 fully saturated rings. The molecule has 7 nitrogen and oxygen atoms in total. The van der Waals surface area contributed by atoms with Crippen LogP contribution in [0, 0.1) is 6.92 Å². The summed E-state index contributed by atoms with van der Waals surface area (Å²) in [4.78, 5) is 8.76. The molecule has 27 heavy (non-hydrogen) atoms. The number of anilines is 4. The molecule has 2 heterocycles. The minimum atomic E-state index is 0.239. The Morgan fingerprint density at radius 3 is 2.78 bits per heavy atom. The first-order valence-electron chi connectivity index (χ1n) is 8.23. The number of ether oxygens (including phenoxy) is 3. The average molecular weight is 385 g/mol. The third-order valence-corrected chi connectivity index (χ3v) is 4.43. The molecule has 2 aromatic carbocycles. The van der Waals surface area contributed by atoms with Gasteiger partial charge in [0.05, 0.1) is 12.8 Å². The number of hydrogen-bond donors (Lipinski definition) is 2. The van der Waals surface area contributed by atoms with Crippen molar-refractivity contribution in [1.82, 2.24) is 9.97 Å². The number of hydrogen-bond acceptors (Lipinski definition) is 7. The first-order chi connectivity index (χ1) is 13.1. The van der Waals surface area contributed by atoms with Crippen LogP contribution in [0.15, 0.2) is 42.6 Å². The lowest BCUT2D eigenvalue weighted by Gasteiger charge is -2.13. The van der Waals surface area contributed by atoms with Crippen molar-refractivity contribution in [2.45, 2.75) is 6.92 Å². The van der Waals surface area contributed by atoms with E-state index < -0.39 is 0 Å². The molecule has 4 rings (SSSR count). The Labute approximate surface area is 161 Å². The number of fused-ring (bicyclic) bond motifs is 1. The van der Waals surface area contributed by atoms with Crippen molar-refractivity contribution in [3.05, 3.63) is 53.2 Å². The summed E-state index contributed by atoms with van der Waals surface area (Å²) in [6.45, 7) is 2.16. The predicted molar refractivity (Wildman–Crippen MR) is 104 cm³/mol. The Morgan fingerprint density at radius 2 is 1.93 bits per heavy atom. The zero-order valence-corrected chi connectivity index (χ0v) is 15.5. The quantitative estimate of drug-likeness (QED) is 0.662. The van der Waals surface area contributed by atoms with E-state index in [0.29, 0.717) is 28.3 Å². The Kier molecular flexibility index (Phi) is 4.60. The molecule has 0 unspecified atom stereocenters. The fraction of sp³-hybridized carbons (Fsp3) is 0.158. The van der Waals surface area contributed by atoms with Gasteiger partial charge < -0.3 is 24.8 Å². The van der Waals surface area contributed by atoms with E-state index in [1.54, 1.807) is 25.4 Å². The summed E-state index contributed by atoms with van der Waals surface area (Å²) in [6, 6.07) is 11.0. The molecule has 0 amide bonds. The van der Waals surface area contributed by atoms with Gasteiger partial charge in [-0.2, -0.15) is 4.98 Å². The molecule has 1 aromatic heterocycles. The standard InChI is InChI=1S/C19H17ClN4O3/c1-11-7-14(16(25-2)9-13(11)20)23-19-21-6-5-18(24-19)22-12-3-4-15-17(8-12)27-10-26-15/h3-9H,10H2,1-2H3,(H2,21,22,23,24). The van der Waals surface area contributed by atoms with Gasteiger partial charge in [-0.15, -0.1) is 0 Å². The van der Waals surface area contributed by atoms with E-state index in [4.69, 9.17) is 25.8 Å². The molecule has 2 N–H and O–H groups in total. The van der Waals surface area contributed by atoms with E-state index in [0.717, 1.165) is 22.7 Å². The average Bonchev–Trinajstić information content (AvgIpc) is 3.12. The van der Waals surface area contributed by atoms with Crippen molar-refractivity contribution in [3.8, 4) is 17.2 Å². The Balaban J connectivity index is 1.55. The monoisotopic (exact) mass is 384 g/mol. The number of nitrogens with one attached hydrogen (secondary N) is 2. The molecular weight excluding hydrogens is 368 g/mol. The first-order valence-corrected chi connectivity index (χ1v) is 8.61. The minimum absolute atomic E-state index is 0.239. The van der Waals surface area contributed by atoms with Crippen LogP contribution in [0.3, 0.4) is 0 Å². The second-order valence-electron chi connectivity index (χ2n) is 5.89. The third kappa shape index (κ3) is 3.68. The number of nitrogens with zero attached hydrogens (tertiary/aromatic N) is 2. The molecule has 0 saturated carbocycles. The van der Waals surface area contributed by atoms with Crippen molar-refractivity contribution in [2.24, 2.45) is 0 Å². The maximum atomic E-state index is 6.16. The normalized spacial score (nSPS) is 12.0. The van der Waals surface area contributed by atoms with Gasteiger partial charge in [-0.1, -0.05) is 11.6 Å². The molecular formula is C19H17ClN4O3. The lowest BCUT2D eigenvalue weighted by Crippen LogP contribution is -2.02. The number of rotatable bonds is 5. The summed E-state index contributed by atoms with van der Waals surface area (Å²) in [5, 5.41) is 7.03. The van der Waals surface area contributed by atoms with Crippen molar-refractivity contribution < 1.29 is 14.2 Å². The lowest BCUT2D eigenvalue weighted by atomic mass is 10.2. The number of aryl methyl sites for hydroxylation is 1. The van der Waals surface area contributed by atoms with Crippen LogP contribution in [0.2, 0.25) is 5.02 Å². The highest BCUT2D eigenvalue weighted by Crippen LogP contribution is 2.35. The van der Waals surface area contributed by atoms with Crippen LogP contribution in [0.25, 0.3) is 0 Å². The highest BCUT2D eigenvalue weighted by molar-refractivity contribution is 6.31. The van der Waals surface area contributed by atoms with Gasteiger partial charge in [-0.05, 0) is 36.8 Å². The van der Waals surface area contributed by atoms with Gasteiger partial charge in [0, 0.05) is 29.0 Å². The van der Waals surface area contributed by atoms with Gasteiger partial charge in [0.25, 0.3) is 0 Å². The Hall–Kier alpha value is -3.19. The number of methoxy groups -OCH3 is 1. The van der Waals surface area contributed by atoms with E-state index in [1.165, 1.54) is 0 Å². The van der Waals surface area contributed by atoms with Crippen LogP contribution < -0.4 is 24.8 Å². The predicted octanol–water partition coefficient (Wildman–Crippen LogP) is 4.66. The zero-order chi connectivity index (χ0) is 18.8. The molecule has 0 spiro atoms. The van der Waals surface area contributed by atoms with E-state index in [2.05, 4.69) is 20.6 Å². The highest BCUT2D eigenvalue weighted by atomic mass is 35.5. The summed E-state index contributed by atoms with van der Waals surface area (Å²) >= 11 is 6.16. The van der Waals surface area contributed by atoms with Gasteiger partial charge in [0.15, 0.2) is 11.5 Å². The van der Waals surface area contributed by atoms with Gasteiger partial charge >= 0.3 is 0 Å². The van der Waals surface area contributed by atoms with Gasteiger partial charge in [-0.3, -0.25) is 0 Å². The topological polar surface area (TPSA) is 77.5 Å². The largest absolute Gasteiger partial charge is 0.495 e. The molecule has 0 saturated heterocycles. The van der Waals surface area contributed by atoms with Crippen LogP contribution in [0.4, 0.5) is 23.1 Å². The van der Waals surface area contributed by atoms with Crippen LogP contribution in [0.1, 0.15) is 5.56 Å². The van der Waals surface area contributed by atoms with Crippen LogP contribution >= 0.6 is 11.6 Å². The van der Waals surface area contributed by atoms with Gasteiger partial charge in [0.2, 0.25) is 12.7 Å². The zero-order valence-electron chi connectivity index (χ0n) is 14.7. The van der Waals surface area contributed by atoms with Gasteiger partial charge in [0.1, 0.15) is 11.6 Å². The van der Waals surface area contributed by atoms with Crippen molar-refractivity contribution in [3.63, 3.8) is 0 Å². The first kappa shape index (κ1) is 17.2. The molecule has 0 radical (unpaired) electrons. The molecule has 3 aromatic rings. The maximum absolute atomic E-state index is 6.16. The summed E-state index contributed by atoms with van der Waals surface area (Å²) in [6.07, 6.45) is 1.67. The SMILES string of the molecule is COc1cc(Cl)c(C)cc1Nc1nccc(Nc2ccc3c(c2)OCO3)n1. The van der Waals surface area contributed by atoms with Crippen molar-refractivity contribution >= 4 is 34.7 Å². The molecule has 0 bridgehead atoms. The number of halogens is 1. The minimum Gasteiger partial charge on any atom is -0.495 e. The van der Waals surface area contributed by atoms with E-state index >= 15 is 0 Å². The lowest BCUT2D eigenvalue weighted by molar-refractivity contribution is 0.174. The smallest absolute Gasteiger partial charge is 0.231 e. The molecule has 1 aliphatic rings. The molecule has 8 heteroatoms. The number of benzene rings is 2. The third-order valence-electron chi connectivity index (χ3n) is 4.03. The molecule has 138 valence electrons. The van der Waals surface area contributed by atoms with E-state index in [-0.39, 0.29) is 6.79 Å². The fourth-order valence-electron chi connectivity index (χ4n) is 2.66. The van der Waals surface area contributed by atoms with E-state index in [1.807, 2.05) is 31.2 Å². The Bertz CT molecular complexity index is 997. The summed E-state index contributed by atoms with van der Waals surface area (Å²) in [7, 11) is 1.59. The Morgan fingerprint density at radius 1 is 1.07 bits per heavy atom. The fourth-order valence-corrected chi connectivity index (χ4v) is 2.81. The summed E-state index contributed by atoms with van der Waals surface area (Å²) < 4.78 is 16.1. The second kappa shape index (κ2) is 7.20. The summed E-state index contributed by atoms with van der Waals surface area (Å²) in [5.41, 5.74) is 2.50. The second-order valence-corrected chi connectivity index (χ2v) is 6.29.